The van der Waals surface area contributed by atoms with Crippen molar-refractivity contribution in [3.8, 4) is 0 Å². The molecule has 2 N–H and O–H groups in total. The van der Waals surface area contributed by atoms with Gasteiger partial charge in [0.25, 0.3) is 5.91 Å². The summed E-state index contributed by atoms with van der Waals surface area (Å²) in [5, 5.41) is 4.32. The van der Waals surface area contributed by atoms with E-state index in [0.29, 0.717) is 24.6 Å². The second-order valence-corrected chi connectivity index (χ2v) is 5.58. The summed E-state index contributed by atoms with van der Waals surface area (Å²) in [6, 6.07) is 0. The first-order valence-corrected chi connectivity index (χ1v) is 7.24. The zero-order chi connectivity index (χ0) is 14.7. The molecule has 1 aromatic heterocycles. The van der Waals surface area contributed by atoms with E-state index in [1.165, 1.54) is 0 Å². The van der Waals surface area contributed by atoms with Crippen molar-refractivity contribution in [2.75, 3.05) is 32.7 Å². The van der Waals surface area contributed by atoms with Crippen molar-refractivity contribution in [1.29, 1.82) is 0 Å². The molecule has 110 valence electrons. The molecule has 1 aliphatic rings. The Morgan fingerprint density at radius 2 is 2.05 bits per heavy atom. The number of thiocarbonyl (C=S) groups is 1. The number of carbonyl (C=O) groups is 1. The minimum Gasteiger partial charge on any atom is -0.392 e. The molecule has 0 spiro atoms. The van der Waals surface area contributed by atoms with Crippen LogP contribution in [0.1, 0.15) is 23.0 Å². The Balaban J connectivity index is 1.99. The van der Waals surface area contributed by atoms with Crippen LogP contribution in [0.25, 0.3) is 0 Å². The number of hydrogen-bond donors (Lipinski definition) is 1. The summed E-state index contributed by atoms with van der Waals surface area (Å²) in [5.74, 6) is 0.0740. The number of aryl methyl sites for hydroxylation is 2. The summed E-state index contributed by atoms with van der Waals surface area (Å²) in [6.07, 6.45) is 2.58. The van der Waals surface area contributed by atoms with Gasteiger partial charge in [-0.2, -0.15) is 5.10 Å². The maximum Gasteiger partial charge on any atom is 0.257 e. The molecule has 6 nitrogen and oxygen atoms in total. The van der Waals surface area contributed by atoms with Gasteiger partial charge >= 0.3 is 0 Å². The van der Waals surface area contributed by atoms with Crippen LogP contribution in [0, 0.1) is 0 Å². The van der Waals surface area contributed by atoms with Gasteiger partial charge in [-0.1, -0.05) is 19.1 Å². The number of piperazine rings is 1. The van der Waals surface area contributed by atoms with Crippen LogP contribution < -0.4 is 5.73 Å². The highest BCUT2D eigenvalue weighted by molar-refractivity contribution is 7.80. The summed E-state index contributed by atoms with van der Waals surface area (Å²) in [6.45, 7) is 5.68. The molecule has 0 aliphatic carbocycles. The van der Waals surface area contributed by atoms with Gasteiger partial charge in [0.05, 0.1) is 16.2 Å². The zero-order valence-corrected chi connectivity index (χ0v) is 12.8. The lowest BCUT2D eigenvalue weighted by Crippen LogP contribution is -2.50. The summed E-state index contributed by atoms with van der Waals surface area (Å²) in [7, 11) is 1.84. The molecule has 20 heavy (non-hydrogen) atoms. The molecule has 1 amide bonds. The quantitative estimate of drug-likeness (QED) is 0.794. The Hall–Kier alpha value is -1.47. The Morgan fingerprint density at radius 1 is 1.40 bits per heavy atom. The lowest BCUT2D eigenvalue weighted by atomic mass is 10.1. The fourth-order valence-corrected chi connectivity index (χ4v) is 2.66. The predicted molar refractivity (Wildman–Crippen MR) is 81.7 cm³/mol. The molecule has 0 saturated carbocycles. The fourth-order valence-electron chi connectivity index (χ4n) is 2.47. The normalized spacial score (nSPS) is 16.4. The molecule has 0 radical (unpaired) electrons. The second kappa shape index (κ2) is 6.32. The number of carbonyl (C=O) groups excluding carboxylic acids is 1. The van der Waals surface area contributed by atoms with E-state index < -0.39 is 0 Å². The Labute approximate surface area is 124 Å². The van der Waals surface area contributed by atoms with Crippen LogP contribution in [0.3, 0.4) is 0 Å². The van der Waals surface area contributed by atoms with Crippen molar-refractivity contribution >= 4 is 23.1 Å². The number of hydrogen-bond acceptors (Lipinski definition) is 4. The van der Waals surface area contributed by atoms with Crippen molar-refractivity contribution in [1.82, 2.24) is 19.6 Å². The van der Waals surface area contributed by atoms with Gasteiger partial charge < -0.3 is 10.6 Å². The maximum absolute atomic E-state index is 12.5. The third kappa shape index (κ3) is 3.34. The molecule has 1 fully saturated rings. The molecule has 7 heteroatoms. The number of aromatic nitrogens is 2. The molecule has 0 unspecified atom stereocenters. The van der Waals surface area contributed by atoms with E-state index in [1.54, 1.807) is 4.68 Å². The Bertz CT molecular complexity index is 505. The lowest BCUT2D eigenvalue weighted by molar-refractivity contribution is 0.0653. The van der Waals surface area contributed by atoms with Crippen molar-refractivity contribution < 1.29 is 4.79 Å². The van der Waals surface area contributed by atoms with E-state index in [-0.39, 0.29) is 5.91 Å². The molecule has 2 rings (SSSR count). The summed E-state index contributed by atoms with van der Waals surface area (Å²) in [4.78, 5) is 17.1. The van der Waals surface area contributed by atoms with Crippen molar-refractivity contribution in [3.63, 3.8) is 0 Å². The highest BCUT2D eigenvalue weighted by atomic mass is 32.1. The summed E-state index contributed by atoms with van der Waals surface area (Å²) >= 11 is 4.91. The lowest BCUT2D eigenvalue weighted by Gasteiger charge is -2.34. The largest absolute Gasteiger partial charge is 0.392 e. The second-order valence-electron chi connectivity index (χ2n) is 5.05. The third-order valence-corrected chi connectivity index (χ3v) is 3.64. The first kappa shape index (κ1) is 14.9. The molecular formula is C13H21N5OS. The topological polar surface area (TPSA) is 67.4 Å². The number of rotatable bonds is 4. The molecule has 1 aromatic rings. The van der Waals surface area contributed by atoms with Crippen LogP contribution >= 0.6 is 12.2 Å². The van der Waals surface area contributed by atoms with Crippen LogP contribution in [-0.2, 0) is 13.5 Å². The van der Waals surface area contributed by atoms with E-state index in [9.17, 15) is 4.79 Å². The van der Waals surface area contributed by atoms with Gasteiger partial charge in [0.1, 0.15) is 0 Å². The van der Waals surface area contributed by atoms with Gasteiger partial charge in [-0.15, -0.1) is 0 Å². The minimum absolute atomic E-state index is 0.0740. The van der Waals surface area contributed by atoms with E-state index in [0.717, 1.165) is 30.8 Å². The van der Waals surface area contributed by atoms with Gasteiger partial charge in [0, 0.05) is 46.0 Å². The SMILES string of the molecule is CCc1nn(C)cc1C(=O)N1CCN(CC(N)=S)CC1. The highest BCUT2D eigenvalue weighted by Crippen LogP contribution is 2.13. The molecule has 1 saturated heterocycles. The maximum atomic E-state index is 12.5. The first-order chi connectivity index (χ1) is 9.51. The zero-order valence-electron chi connectivity index (χ0n) is 12.0. The molecule has 1 aliphatic heterocycles. The Kier molecular flexibility index (Phi) is 4.72. The van der Waals surface area contributed by atoms with Gasteiger partial charge in [-0.3, -0.25) is 14.4 Å². The molecule has 0 aromatic carbocycles. The van der Waals surface area contributed by atoms with Crippen molar-refractivity contribution in [3.05, 3.63) is 17.5 Å². The summed E-state index contributed by atoms with van der Waals surface area (Å²) in [5.41, 5.74) is 7.13. The average Bonchev–Trinajstić information content (AvgIpc) is 2.79. The first-order valence-electron chi connectivity index (χ1n) is 6.83. The van der Waals surface area contributed by atoms with Crippen LogP contribution in [0.5, 0.6) is 0 Å². The van der Waals surface area contributed by atoms with Crippen molar-refractivity contribution in [2.24, 2.45) is 12.8 Å². The third-order valence-electron chi connectivity index (χ3n) is 3.51. The fraction of sp³-hybridized carbons (Fsp3) is 0.615. The van der Waals surface area contributed by atoms with Crippen molar-refractivity contribution in [2.45, 2.75) is 13.3 Å². The van der Waals surface area contributed by atoms with Gasteiger partial charge in [-0.25, -0.2) is 0 Å². The molecular weight excluding hydrogens is 274 g/mol. The van der Waals surface area contributed by atoms with Crippen LogP contribution in [0.15, 0.2) is 6.20 Å². The van der Waals surface area contributed by atoms with Gasteiger partial charge in [-0.05, 0) is 6.42 Å². The number of nitrogens with zero attached hydrogens (tertiary/aromatic N) is 4. The predicted octanol–water partition coefficient (Wildman–Crippen LogP) is 0.0264. The van der Waals surface area contributed by atoms with Gasteiger partial charge in [0.15, 0.2) is 0 Å². The number of nitrogens with two attached hydrogens (primary N) is 1. The minimum atomic E-state index is 0.0740. The number of amides is 1. The van der Waals surface area contributed by atoms with E-state index >= 15 is 0 Å². The smallest absolute Gasteiger partial charge is 0.257 e. The Morgan fingerprint density at radius 3 is 2.60 bits per heavy atom. The van der Waals surface area contributed by atoms with E-state index in [4.69, 9.17) is 18.0 Å². The molecule has 0 bridgehead atoms. The monoisotopic (exact) mass is 295 g/mol. The summed E-state index contributed by atoms with van der Waals surface area (Å²) < 4.78 is 1.70. The molecule has 2 heterocycles. The molecule has 0 atom stereocenters. The average molecular weight is 295 g/mol. The van der Waals surface area contributed by atoms with E-state index in [1.807, 2.05) is 25.1 Å². The van der Waals surface area contributed by atoms with Gasteiger partial charge in [0.2, 0.25) is 0 Å². The standard InChI is InChI=1S/C13H21N5OS/c1-3-11-10(8-16(2)15-11)13(19)18-6-4-17(5-7-18)9-12(14)20/h8H,3-7,9H2,1-2H3,(H2,14,20). The van der Waals surface area contributed by atoms with Crippen LogP contribution in [0.4, 0.5) is 0 Å². The van der Waals surface area contributed by atoms with E-state index in [2.05, 4.69) is 10.00 Å². The van der Waals surface area contributed by atoms with Crippen LogP contribution in [0.2, 0.25) is 0 Å². The van der Waals surface area contributed by atoms with Crippen LogP contribution in [-0.4, -0.2) is 63.2 Å². The highest BCUT2D eigenvalue weighted by Gasteiger charge is 2.25.